The second-order valence-corrected chi connectivity index (χ2v) is 5.94. The third kappa shape index (κ3) is 4.67. The lowest BCUT2D eigenvalue weighted by Crippen LogP contribution is -2.30. The fourth-order valence-corrected chi connectivity index (χ4v) is 2.57. The van der Waals surface area contributed by atoms with Crippen LogP contribution in [0.5, 0.6) is 0 Å². The fraction of sp³-hybridized carbons (Fsp3) is 0.300. The van der Waals surface area contributed by atoms with Crippen molar-refractivity contribution in [3.63, 3.8) is 0 Å². The van der Waals surface area contributed by atoms with E-state index in [-0.39, 0.29) is 11.8 Å². The van der Waals surface area contributed by atoms with Crippen molar-refractivity contribution < 1.29 is 9.59 Å². The number of amides is 2. The number of hydrogen-bond donors (Lipinski definition) is 2. The van der Waals surface area contributed by atoms with Crippen molar-refractivity contribution in [2.24, 2.45) is 5.73 Å². The molecule has 0 saturated heterocycles. The maximum absolute atomic E-state index is 12.4. The number of carbonyl (C=O) groups is 2. The molecular weight excluding hydrogens is 314 g/mol. The first-order chi connectivity index (χ1) is 12.0. The molecule has 0 saturated carbocycles. The number of carbonyl (C=O) groups excluding carboxylic acids is 2. The molecule has 0 spiro atoms. The van der Waals surface area contributed by atoms with Gasteiger partial charge in [-0.15, -0.1) is 0 Å². The molecule has 2 aromatic rings. The predicted octanol–water partition coefficient (Wildman–Crippen LogP) is 3.12. The lowest BCUT2D eigenvalue weighted by atomic mass is 10.1. The summed E-state index contributed by atoms with van der Waals surface area (Å²) in [7, 11) is 0. The Hall–Kier alpha value is -2.66. The molecule has 1 atom stereocenters. The van der Waals surface area contributed by atoms with Crippen LogP contribution in [0, 0.1) is 6.92 Å². The van der Waals surface area contributed by atoms with Crippen molar-refractivity contribution in [1.29, 1.82) is 0 Å². The lowest BCUT2D eigenvalue weighted by Gasteiger charge is -2.19. The summed E-state index contributed by atoms with van der Waals surface area (Å²) in [5, 5.41) is 2.79. The van der Waals surface area contributed by atoms with Crippen molar-refractivity contribution in [1.82, 2.24) is 4.90 Å². The van der Waals surface area contributed by atoms with Crippen LogP contribution in [-0.2, 0) is 4.79 Å². The zero-order chi connectivity index (χ0) is 18.4. The lowest BCUT2D eigenvalue weighted by molar-refractivity contribution is -0.117. The second kappa shape index (κ2) is 8.44. The maximum atomic E-state index is 12.4. The van der Waals surface area contributed by atoms with E-state index in [1.165, 1.54) is 0 Å². The monoisotopic (exact) mass is 339 g/mol. The predicted molar refractivity (Wildman–Crippen MR) is 100 cm³/mol. The highest BCUT2D eigenvalue weighted by molar-refractivity contribution is 5.98. The van der Waals surface area contributed by atoms with E-state index in [4.69, 9.17) is 5.73 Å². The maximum Gasteiger partial charge on any atom is 0.253 e. The molecule has 0 fully saturated rings. The minimum atomic E-state index is -0.761. The molecule has 1 unspecified atom stereocenters. The largest absolute Gasteiger partial charge is 0.339 e. The van der Waals surface area contributed by atoms with Gasteiger partial charge in [0.1, 0.15) is 6.04 Å². The molecule has 0 heterocycles. The third-order valence-electron chi connectivity index (χ3n) is 4.15. The molecule has 2 rings (SSSR count). The van der Waals surface area contributed by atoms with E-state index in [9.17, 15) is 9.59 Å². The summed E-state index contributed by atoms with van der Waals surface area (Å²) in [6, 6.07) is 13.7. The molecule has 3 N–H and O–H groups in total. The number of anilines is 1. The van der Waals surface area contributed by atoms with Crippen LogP contribution < -0.4 is 11.1 Å². The minimum absolute atomic E-state index is 0.0519. The smallest absolute Gasteiger partial charge is 0.253 e. The summed E-state index contributed by atoms with van der Waals surface area (Å²) in [6.07, 6.45) is 0. The molecular formula is C20H25N3O2. The van der Waals surface area contributed by atoms with Gasteiger partial charge in [0.2, 0.25) is 5.91 Å². The number of rotatable bonds is 6. The summed E-state index contributed by atoms with van der Waals surface area (Å²) in [6.45, 7) is 7.14. The van der Waals surface area contributed by atoms with Gasteiger partial charge in [-0.3, -0.25) is 9.59 Å². The Morgan fingerprint density at radius 2 is 1.72 bits per heavy atom. The summed E-state index contributed by atoms with van der Waals surface area (Å²) in [5.74, 6) is -0.361. The van der Waals surface area contributed by atoms with Gasteiger partial charge in [-0.25, -0.2) is 0 Å². The highest BCUT2D eigenvalue weighted by atomic mass is 16.2. The Morgan fingerprint density at radius 1 is 1.08 bits per heavy atom. The molecule has 132 valence electrons. The van der Waals surface area contributed by atoms with E-state index in [1.807, 2.05) is 45.0 Å². The van der Waals surface area contributed by atoms with Crippen LogP contribution in [-0.4, -0.2) is 29.8 Å². The fourth-order valence-electron chi connectivity index (χ4n) is 2.57. The number of nitrogens with two attached hydrogens (primary N) is 1. The Morgan fingerprint density at radius 3 is 2.32 bits per heavy atom. The van der Waals surface area contributed by atoms with Crippen LogP contribution in [0.3, 0.4) is 0 Å². The van der Waals surface area contributed by atoms with Gasteiger partial charge in [0.15, 0.2) is 0 Å². The van der Waals surface area contributed by atoms with Crippen LogP contribution in [0.15, 0.2) is 48.5 Å². The molecule has 5 nitrogen and oxygen atoms in total. The highest BCUT2D eigenvalue weighted by Gasteiger charge is 2.17. The van der Waals surface area contributed by atoms with E-state index in [1.54, 1.807) is 29.2 Å². The standard InChI is InChI=1S/C20H25N3O2/c1-4-23(5-2)20(25)16-7-6-8-17(13-16)22-19(24)18(21)15-11-9-14(3)10-12-15/h6-13,18H,4-5,21H2,1-3H3,(H,22,24). The normalized spacial score (nSPS) is 11.7. The van der Waals surface area contributed by atoms with Crippen molar-refractivity contribution in [2.75, 3.05) is 18.4 Å². The molecule has 0 aliphatic heterocycles. The quantitative estimate of drug-likeness (QED) is 0.849. The van der Waals surface area contributed by atoms with E-state index < -0.39 is 6.04 Å². The Bertz CT molecular complexity index is 737. The van der Waals surface area contributed by atoms with Gasteiger partial charge < -0.3 is 16.0 Å². The van der Waals surface area contributed by atoms with Crippen molar-refractivity contribution in [3.8, 4) is 0 Å². The van der Waals surface area contributed by atoms with Crippen LogP contribution in [0.2, 0.25) is 0 Å². The van der Waals surface area contributed by atoms with E-state index >= 15 is 0 Å². The number of benzene rings is 2. The first-order valence-electron chi connectivity index (χ1n) is 8.48. The van der Waals surface area contributed by atoms with Gasteiger partial charge >= 0.3 is 0 Å². The Labute approximate surface area is 148 Å². The molecule has 2 amide bonds. The molecule has 0 radical (unpaired) electrons. The van der Waals surface area contributed by atoms with Gasteiger partial charge in [-0.05, 0) is 44.5 Å². The van der Waals surface area contributed by atoms with Gasteiger partial charge in [-0.2, -0.15) is 0 Å². The number of nitrogens with one attached hydrogen (secondary N) is 1. The molecule has 2 aromatic carbocycles. The van der Waals surface area contributed by atoms with Crippen molar-refractivity contribution in [2.45, 2.75) is 26.8 Å². The first kappa shape index (κ1) is 18.7. The topological polar surface area (TPSA) is 75.4 Å². The van der Waals surface area contributed by atoms with Crippen LogP contribution >= 0.6 is 0 Å². The summed E-state index contributed by atoms with van der Waals surface area (Å²) in [5.41, 5.74) is 9.00. The Kier molecular flexibility index (Phi) is 6.31. The van der Waals surface area contributed by atoms with Crippen molar-refractivity contribution in [3.05, 3.63) is 65.2 Å². The second-order valence-electron chi connectivity index (χ2n) is 5.94. The van der Waals surface area contributed by atoms with Crippen LogP contribution in [0.1, 0.15) is 41.4 Å². The summed E-state index contributed by atoms with van der Waals surface area (Å²) >= 11 is 0. The SMILES string of the molecule is CCN(CC)C(=O)c1cccc(NC(=O)C(N)c2ccc(C)cc2)c1. The third-order valence-corrected chi connectivity index (χ3v) is 4.15. The van der Waals surface area contributed by atoms with Crippen LogP contribution in [0.25, 0.3) is 0 Å². The number of aryl methyl sites for hydroxylation is 1. The van der Waals surface area contributed by atoms with Gasteiger partial charge in [0.25, 0.3) is 5.91 Å². The number of nitrogens with zero attached hydrogens (tertiary/aromatic N) is 1. The van der Waals surface area contributed by atoms with E-state index in [0.29, 0.717) is 24.3 Å². The minimum Gasteiger partial charge on any atom is -0.339 e. The molecule has 0 aromatic heterocycles. The first-order valence-corrected chi connectivity index (χ1v) is 8.48. The van der Waals surface area contributed by atoms with E-state index in [0.717, 1.165) is 11.1 Å². The Balaban J connectivity index is 2.12. The molecule has 0 bridgehead atoms. The molecule has 0 aliphatic rings. The molecule has 25 heavy (non-hydrogen) atoms. The highest BCUT2D eigenvalue weighted by Crippen LogP contribution is 2.17. The zero-order valence-corrected chi connectivity index (χ0v) is 15.0. The molecule has 5 heteroatoms. The summed E-state index contributed by atoms with van der Waals surface area (Å²) in [4.78, 5) is 26.5. The average molecular weight is 339 g/mol. The molecule has 0 aliphatic carbocycles. The van der Waals surface area contributed by atoms with E-state index in [2.05, 4.69) is 5.32 Å². The summed E-state index contributed by atoms with van der Waals surface area (Å²) < 4.78 is 0. The zero-order valence-electron chi connectivity index (χ0n) is 15.0. The van der Waals surface area contributed by atoms with Crippen LogP contribution in [0.4, 0.5) is 5.69 Å². The number of hydrogen-bond acceptors (Lipinski definition) is 3. The van der Waals surface area contributed by atoms with Gasteiger partial charge in [-0.1, -0.05) is 35.9 Å². The van der Waals surface area contributed by atoms with Crippen molar-refractivity contribution >= 4 is 17.5 Å². The average Bonchev–Trinajstić information content (AvgIpc) is 2.63. The van der Waals surface area contributed by atoms with Gasteiger partial charge in [0, 0.05) is 24.3 Å². The van der Waals surface area contributed by atoms with Gasteiger partial charge in [0.05, 0.1) is 0 Å².